The minimum Gasteiger partial charge on any atom is -0.355 e. The van der Waals surface area contributed by atoms with E-state index < -0.39 is 0 Å². The van der Waals surface area contributed by atoms with Gasteiger partial charge in [0.05, 0.1) is 0 Å². The molecular formula is C14H29IN4. The van der Waals surface area contributed by atoms with Gasteiger partial charge >= 0.3 is 0 Å². The molecule has 19 heavy (non-hydrogen) atoms. The molecule has 0 spiro atoms. The number of aliphatic imine (C=N–C) groups is 1. The SMILES string of the molecule is CN=C(NCC1CCCN1C)NC1CCCCC1.I. The maximum atomic E-state index is 4.34. The van der Waals surface area contributed by atoms with Gasteiger partial charge in [-0.25, -0.2) is 0 Å². The van der Waals surface area contributed by atoms with Gasteiger partial charge < -0.3 is 15.5 Å². The summed E-state index contributed by atoms with van der Waals surface area (Å²) in [6, 6.07) is 1.31. The second-order valence-corrected chi connectivity index (χ2v) is 5.71. The molecule has 0 amide bonds. The summed E-state index contributed by atoms with van der Waals surface area (Å²) in [4.78, 5) is 6.79. The lowest BCUT2D eigenvalue weighted by molar-refractivity contribution is 0.308. The zero-order chi connectivity index (χ0) is 12.8. The molecule has 2 aliphatic rings. The molecule has 2 fully saturated rings. The molecule has 4 nitrogen and oxygen atoms in total. The first-order chi connectivity index (χ1) is 8.79. The van der Waals surface area contributed by atoms with Gasteiger partial charge in [0, 0.05) is 25.7 Å². The van der Waals surface area contributed by atoms with Crippen molar-refractivity contribution in [2.24, 2.45) is 4.99 Å². The van der Waals surface area contributed by atoms with E-state index in [1.165, 1.54) is 51.5 Å². The van der Waals surface area contributed by atoms with Gasteiger partial charge in [0.1, 0.15) is 0 Å². The molecule has 1 aliphatic heterocycles. The molecular weight excluding hydrogens is 351 g/mol. The summed E-state index contributed by atoms with van der Waals surface area (Å²) in [5, 5.41) is 7.05. The molecule has 0 bridgehead atoms. The molecule has 5 heteroatoms. The van der Waals surface area contributed by atoms with E-state index in [1.54, 1.807) is 0 Å². The molecule has 0 aromatic heterocycles. The number of halogens is 1. The van der Waals surface area contributed by atoms with Crippen LogP contribution in [0.5, 0.6) is 0 Å². The Hall–Kier alpha value is -0.0400. The van der Waals surface area contributed by atoms with E-state index in [9.17, 15) is 0 Å². The number of rotatable bonds is 3. The average molecular weight is 380 g/mol. The average Bonchev–Trinajstić information content (AvgIpc) is 2.81. The lowest BCUT2D eigenvalue weighted by atomic mass is 9.96. The number of likely N-dealkylation sites (tertiary alicyclic amines) is 1. The molecule has 1 heterocycles. The Balaban J connectivity index is 0.00000180. The minimum atomic E-state index is 0. The van der Waals surface area contributed by atoms with Gasteiger partial charge in [-0.2, -0.15) is 0 Å². The quantitative estimate of drug-likeness (QED) is 0.448. The monoisotopic (exact) mass is 380 g/mol. The first-order valence-corrected chi connectivity index (χ1v) is 7.47. The minimum absolute atomic E-state index is 0. The van der Waals surface area contributed by atoms with E-state index in [0.29, 0.717) is 12.1 Å². The van der Waals surface area contributed by atoms with Crippen LogP contribution in [0.1, 0.15) is 44.9 Å². The van der Waals surface area contributed by atoms with Gasteiger partial charge in [-0.3, -0.25) is 4.99 Å². The molecule has 2 N–H and O–H groups in total. The van der Waals surface area contributed by atoms with Crippen LogP contribution in [0.25, 0.3) is 0 Å². The fraction of sp³-hybridized carbons (Fsp3) is 0.929. The standard InChI is InChI=1S/C14H28N4.HI/c1-15-14(17-12-7-4-3-5-8-12)16-11-13-9-6-10-18(13)2;/h12-13H,3-11H2,1-2H3,(H2,15,16,17);1H. The molecule has 112 valence electrons. The van der Waals surface area contributed by atoms with Crippen LogP contribution in [0.3, 0.4) is 0 Å². The van der Waals surface area contributed by atoms with Crippen LogP contribution in [0.15, 0.2) is 4.99 Å². The number of guanidine groups is 1. The predicted molar refractivity (Wildman–Crippen MR) is 92.4 cm³/mol. The molecule has 1 atom stereocenters. The van der Waals surface area contributed by atoms with Crippen molar-refractivity contribution in [3.63, 3.8) is 0 Å². The normalized spacial score (nSPS) is 26.0. The summed E-state index contributed by atoms with van der Waals surface area (Å²) in [6.07, 6.45) is 9.35. The van der Waals surface area contributed by atoms with Crippen molar-refractivity contribution >= 4 is 29.9 Å². The molecule has 1 saturated carbocycles. The predicted octanol–water partition coefficient (Wildman–Crippen LogP) is 2.20. The summed E-state index contributed by atoms with van der Waals surface area (Å²) < 4.78 is 0. The largest absolute Gasteiger partial charge is 0.355 e. The van der Waals surface area contributed by atoms with E-state index >= 15 is 0 Å². The summed E-state index contributed by atoms with van der Waals surface area (Å²) in [7, 11) is 4.09. The highest BCUT2D eigenvalue weighted by atomic mass is 127. The van der Waals surface area contributed by atoms with E-state index in [-0.39, 0.29) is 24.0 Å². The van der Waals surface area contributed by atoms with Crippen LogP contribution in [0.4, 0.5) is 0 Å². The highest BCUT2D eigenvalue weighted by Crippen LogP contribution is 2.17. The van der Waals surface area contributed by atoms with Crippen LogP contribution in [0.2, 0.25) is 0 Å². The van der Waals surface area contributed by atoms with Crippen LogP contribution in [-0.4, -0.2) is 50.1 Å². The Morgan fingerprint density at radius 2 is 1.89 bits per heavy atom. The third-order valence-corrected chi connectivity index (χ3v) is 4.35. The lowest BCUT2D eigenvalue weighted by Crippen LogP contribution is -2.47. The van der Waals surface area contributed by atoms with Crippen molar-refractivity contribution in [1.82, 2.24) is 15.5 Å². The number of hydrogen-bond acceptors (Lipinski definition) is 2. The van der Waals surface area contributed by atoms with Crippen LogP contribution < -0.4 is 10.6 Å². The smallest absolute Gasteiger partial charge is 0.191 e. The van der Waals surface area contributed by atoms with Gasteiger partial charge in [0.2, 0.25) is 0 Å². The first kappa shape index (κ1) is 17.0. The third-order valence-electron chi connectivity index (χ3n) is 4.35. The van der Waals surface area contributed by atoms with Crippen LogP contribution in [0, 0.1) is 0 Å². The zero-order valence-corrected chi connectivity index (χ0v) is 14.7. The van der Waals surface area contributed by atoms with Gasteiger partial charge in [-0.15, -0.1) is 24.0 Å². The van der Waals surface area contributed by atoms with Gasteiger partial charge in [-0.1, -0.05) is 19.3 Å². The third kappa shape index (κ3) is 5.45. The molecule has 0 aromatic rings. The second kappa shape index (κ2) is 9.00. The first-order valence-electron chi connectivity index (χ1n) is 7.47. The zero-order valence-electron chi connectivity index (χ0n) is 12.3. The van der Waals surface area contributed by atoms with Crippen LogP contribution in [-0.2, 0) is 0 Å². The van der Waals surface area contributed by atoms with Gasteiger partial charge in [0.25, 0.3) is 0 Å². The summed E-state index contributed by atoms with van der Waals surface area (Å²) >= 11 is 0. The molecule has 0 radical (unpaired) electrons. The van der Waals surface area contributed by atoms with Crippen LogP contribution >= 0.6 is 24.0 Å². The van der Waals surface area contributed by atoms with Crippen molar-refractivity contribution in [3.8, 4) is 0 Å². The van der Waals surface area contributed by atoms with E-state index in [4.69, 9.17) is 0 Å². The Bertz CT molecular complexity index is 277. The van der Waals surface area contributed by atoms with E-state index in [2.05, 4.69) is 27.6 Å². The highest BCUT2D eigenvalue weighted by Gasteiger charge is 2.21. The summed E-state index contributed by atoms with van der Waals surface area (Å²) in [5.74, 6) is 0.988. The maximum Gasteiger partial charge on any atom is 0.191 e. The Morgan fingerprint density at radius 1 is 1.16 bits per heavy atom. The molecule has 1 unspecified atom stereocenters. The molecule has 0 aromatic carbocycles. The molecule has 2 rings (SSSR count). The van der Waals surface area contributed by atoms with Crippen molar-refractivity contribution in [3.05, 3.63) is 0 Å². The molecule has 1 aliphatic carbocycles. The topological polar surface area (TPSA) is 39.7 Å². The van der Waals surface area contributed by atoms with E-state index in [0.717, 1.165) is 12.5 Å². The Morgan fingerprint density at radius 3 is 2.47 bits per heavy atom. The number of hydrogen-bond donors (Lipinski definition) is 2. The fourth-order valence-corrected chi connectivity index (χ4v) is 3.09. The second-order valence-electron chi connectivity index (χ2n) is 5.71. The number of nitrogens with zero attached hydrogens (tertiary/aromatic N) is 2. The Kier molecular flexibility index (Phi) is 8.06. The van der Waals surface area contributed by atoms with Gasteiger partial charge in [0.15, 0.2) is 5.96 Å². The fourth-order valence-electron chi connectivity index (χ4n) is 3.09. The van der Waals surface area contributed by atoms with Crippen molar-refractivity contribution in [2.75, 3.05) is 27.2 Å². The number of nitrogens with one attached hydrogen (secondary N) is 2. The lowest BCUT2D eigenvalue weighted by Gasteiger charge is -2.26. The number of likely N-dealkylation sites (N-methyl/N-ethyl adjacent to an activating group) is 1. The van der Waals surface area contributed by atoms with Crippen molar-refractivity contribution in [1.29, 1.82) is 0 Å². The van der Waals surface area contributed by atoms with Gasteiger partial charge in [-0.05, 0) is 39.3 Å². The summed E-state index contributed by atoms with van der Waals surface area (Å²) in [5.41, 5.74) is 0. The summed E-state index contributed by atoms with van der Waals surface area (Å²) in [6.45, 7) is 2.25. The van der Waals surface area contributed by atoms with Crippen molar-refractivity contribution in [2.45, 2.75) is 57.0 Å². The highest BCUT2D eigenvalue weighted by molar-refractivity contribution is 14.0. The molecule has 1 saturated heterocycles. The Labute approximate surface area is 134 Å². The van der Waals surface area contributed by atoms with E-state index in [1.807, 2.05) is 7.05 Å². The maximum absolute atomic E-state index is 4.34. The van der Waals surface area contributed by atoms with Crippen molar-refractivity contribution < 1.29 is 0 Å².